The Morgan fingerprint density at radius 1 is 1.35 bits per heavy atom. The van der Waals surface area contributed by atoms with Crippen molar-refractivity contribution in [3.05, 3.63) is 50.4 Å². The highest BCUT2D eigenvalue weighted by Crippen LogP contribution is 2.24. The molecule has 2 nitrogen and oxygen atoms in total. The molecule has 0 aliphatic heterocycles. The fourth-order valence-electron chi connectivity index (χ4n) is 1.27. The van der Waals surface area contributed by atoms with Crippen LogP contribution < -0.4 is 4.74 Å². The average molecular weight is 312 g/mol. The summed E-state index contributed by atoms with van der Waals surface area (Å²) in [5, 5.41) is 8.60. The second kappa shape index (κ2) is 5.30. The fourth-order valence-corrected chi connectivity index (χ4v) is 2.66. The molecule has 2 rings (SSSR count). The molecule has 0 radical (unpaired) electrons. The monoisotopic (exact) mass is 311 g/mol. The minimum absolute atomic E-state index is 0.161. The first-order chi connectivity index (χ1) is 8.19. The van der Waals surface area contributed by atoms with Crippen molar-refractivity contribution in [1.82, 2.24) is 0 Å². The van der Waals surface area contributed by atoms with E-state index in [2.05, 4.69) is 15.9 Å². The molecule has 0 fully saturated rings. The van der Waals surface area contributed by atoms with Crippen molar-refractivity contribution in [2.75, 3.05) is 0 Å². The molecule has 2 aromatic rings. The van der Waals surface area contributed by atoms with Crippen molar-refractivity contribution in [2.24, 2.45) is 0 Å². The number of thiophene rings is 1. The molecule has 5 heteroatoms. The van der Waals surface area contributed by atoms with Crippen LogP contribution in [0.1, 0.15) is 10.4 Å². The predicted molar refractivity (Wildman–Crippen MR) is 67.5 cm³/mol. The number of hydrogen-bond acceptors (Lipinski definition) is 3. The molecule has 0 aliphatic rings. The quantitative estimate of drug-likeness (QED) is 0.855. The predicted octanol–water partition coefficient (Wildman–Crippen LogP) is 4.10. The number of nitrogens with zero attached hydrogens (tertiary/aromatic N) is 1. The third-order valence-electron chi connectivity index (χ3n) is 2.06. The Bertz CT molecular complexity index is 576. The van der Waals surface area contributed by atoms with Gasteiger partial charge in [0.2, 0.25) is 0 Å². The van der Waals surface area contributed by atoms with Crippen molar-refractivity contribution < 1.29 is 9.13 Å². The molecule has 0 amide bonds. The lowest BCUT2D eigenvalue weighted by Gasteiger charge is -2.05. The highest BCUT2D eigenvalue weighted by Gasteiger charge is 2.05. The first-order valence-electron chi connectivity index (χ1n) is 4.75. The van der Waals surface area contributed by atoms with Crippen molar-refractivity contribution in [3.63, 3.8) is 0 Å². The molecule has 17 heavy (non-hydrogen) atoms. The maximum atomic E-state index is 13.5. The molecule has 1 aromatic carbocycles. The molecule has 0 bridgehead atoms. The van der Waals surface area contributed by atoms with Gasteiger partial charge in [-0.25, -0.2) is 4.39 Å². The first-order valence-corrected chi connectivity index (χ1v) is 6.36. The average Bonchev–Trinajstić information content (AvgIpc) is 2.73. The van der Waals surface area contributed by atoms with E-state index in [1.165, 1.54) is 29.5 Å². The summed E-state index contributed by atoms with van der Waals surface area (Å²) in [6, 6.07) is 9.87. The van der Waals surface area contributed by atoms with Gasteiger partial charge in [-0.2, -0.15) is 5.26 Å². The number of hydrogen-bond donors (Lipinski definition) is 0. The minimum atomic E-state index is -0.514. The standard InChI is InChI=1S/C12H7BrFNOS/c13-12-4-2-9(17-12)7-16-11-3-1-8(6-15)5-10(11)14/h1-5H,7H2. The molecule has 86 valence electrons. The lowest BCUT2D eigenvalue weighted by atomic mass is 10.2. The van der Waals surface area contributed by atoms with Crippen LogP contribution in [0.25, 0.3) is 0 Å². The Kier molecular flexibility index (Phi) is 3.77. The minimum Gasteiger partial charge on any atom is -0.485 e. The first kappa shape index (κ1) is 12.1. The molecule has 0 saturated heterocycles. The van der Waals surface area contributed by atoms with Gasteiger partial charge in [0.15, 0.2) is 11.6 Å². The van der Waals surface area contributed by atoms with Gasteiger partial charge in [-0.15, -0.1) is 11.3 Å². The zero-order chi connectivity index (χ0) is 12.3. The van der Waals surface area contributed by atoms with E-state index in [1.54, 1.807) is 0 Å². The zero-order valence-electron chi connectivity index (χ0n) is 8.61. The molecule has 1 heterocycles. The summed E-state index contributed by atoms with van der Waals surface area (Å²) in [4.78, 5) is 1.00. The molecule has 0 aliphatic carbocycles. The fraction of sp³-hybridized carbons (Fsp3) is 0.0833. The van der Waals surface area contributed by atoms with Gasteiger partial charge in [-0.1, -0.05) is 0 Å². The van der Waals surface area contributed by atoms with Crippen LogP contribution in [0.2, 0.25) is 0 Å². The number of benzene rings is 1. The van der Waals surface area contributed by atoms with E-state index in [4.69, 9.17) is 10.00 Å². The Labute approximate surface area is 110 Å². The van der Waals surface area contributed by atoms with Crippen LogP contribution in [0.4, 0.5) is 4.39 Å². The van der Waals surface area contributed by atoms with E-state index >= 15 is 0 Å². The SMILES string of the molecule is N#Cc1ccc(OCc2ccc(Br)s2)c(F)c1. The molecule has 0 N–H and O–H groups in total. The van der Waals surface area contributed by atoms with Crippen LogP contribution in [-0.4, -0.2) is 0 Å². The van der Waals surface area contributed by atoms with Gasteiger partial charge in [0.05, 0.1) is 15.4 Å². The van der Waals surface area contributed by atoms with Crippen LogP contribution in [0.15, 0.2) is 34.1 Å². The smallest absolute Gasteiger partial charge is 0.166 e. The molecular formula is C12H7BrFNOS. The molecular weight excluding hydrogens is 305 g/mol. The Balaban J connectivity index is 2.07. The van der Waals surface area contributed by atoms with E-state index in [-0.39, 0.29) is 11.3 Å². The Morgan fingerprint density at radius 3 is 2.76 bits per heavy atom. The highest BCUT2D eigenvalue weighted by molar-refractivity contribution is 9.11. The van der Waals surface area contributed by atoms with Gasteiger partial charge < -0.3 is 4.74 Å². The van der Waals surface area contributed by atoms with Gasteiger partial charge in [0, 0.05) is 4.88 Å². The van der Waals surface area contributed by atoms with Crippen molar-refractivity contribution >= 4 is 27.3 Å². The summed E-state index contributed by atoms with van der Waals surface area (Å²) >= 11 is 4.88. The zero-order valence-corrected chi connectivity index (χ0v) is 11.0. The maximum absolute atomic E-state index is 13.5. The van der Waals surface area contributed by atoms with Crippen molar-refractivity contribution in [2.45, 2.75) is 6.61 Å². The van der Waals surface area contributed by atoms with E-state index < -0.39 is 5.82 Å². The van der Waals surface area contributed by atoms with E-state index in [0.29, 0.717) is 6.61 Å². The van der Waals surface area contributed by atoms with Gasteiger partial charge >= 0.3 is 0 Å². The summed E-state index contributed by atoms with van der Waals surface area (Å²) in [5.74, 6) is -0.354. The molecule has 0 unspecified atom stereocenters. The second-order valence-corrected chi connectivity index (χ2v) is 5.80. The molecule has 0 spiro atoms. The van der Waals surface area contributed by atoms with Gasteiger partial charge in [-0.05, 0) is 46.3 Å². The van der Waals surface area contributed by atoms with E-state index in [9.17, 15) is 4.39 Å². The molecule has 0 atom stereocenters. The normalized spacial score (nSPS) is 9.94. The van der Waals surface area contributed by atoms with Gasteiger partial charge in [0.1, 0.15) is 6.61 Å². The largest absolute Gasteiger partial charge is 0.485 e. The highest BCUT2D eigenvalue weighted by atomic mass is 79.9. The van der Waals surface area contributed by atoms with Crippen LogP contribution in [0, 0.1) is 17.1 Å². The number of halogens is 2. The van der Waals surface area contributed by atoms with Crippen molar-refractivity contribution in [3.8, 4) is 11.8 Å². The molecule has 0 saturated carbocycles. The summed E-state index contributed by atoms with van der Waals surface area (Å²) in [6.45, 7) is 0.319. The Morgan fingerprint density at radius 2 is 2.18 bits per heavy atom. The summed E-state index contributed by atoms with van der Waals surface area (Å²) < 4.78 is 19.8. The lowest BCUT2D eigenvalue weighted by Crippen LogP contribution is -1.95. The summed E-state index contributed by atoms with van der Waals surface area (Å²) in [5.41, 5.74) is 0.286. The summed E-state index contributed by atoms with van der Waals surface area (Å²) in [7, 11) is 0. The number of rotatable bonds is 3. The van der Waals surface area contributed by atoms with Crippen molar-refractivity contribution in [1.29, 1.82) is 5.26 Å². The number of ether oxygens (including phenoxy) is 1. The second-order valence-electron chi connectivity index (χ2n) is 3.25. The van der Waals surface area contributed by atoms with Gasteiger partial charge in [0.25, 0.3) is 0 Å². The third kappa shape index (κ3) is 3.05. The van der Waals surface area contributed by atoms with Crippen LogP contribution in [-0.2, 0) is 6.61 Å². The maximum Gasteiger partial charge on any atom is 0.166 e. The number of nitriles is 1. The lowest BCUT2D eigenvalue weighted by molar-refractivity contribution is 0.293. The molecule has 1 aromatic heterocycles. The van der Waals surface area contributed by atoms with E-state index in [0.717, 1.165) is 8.66 Å². The topological polar surface area (TPSA) is 33.0 Å². The van der Waals surface area contributed by atoms with Crippen LogP contribution in [0.3, 0.4) is 0 Å². The van der Waals surface area contributed by atoms with E-state index in [1.807, 2.05) is 18.2 Å². The summed E-state index contributed by atoms with van der Waals surface area (Å²) in [6.07, 6.45) is 0. The van der Waals surface area contributed by atoms with Crippen LogP contribution in [0.5, 0.6) is 5.75 Å². The van der Waals surface area contributed by atoms with Gasteiger partial charge in [-0.3, -0.25) is 0 Å². The Hall–Kier alpha value is -1.38. The van der Waals surface area contributed by atoms with Crippen LogP contribution >= 0.6 is 27.3 Å². The third-order valence-corrected chi connectivity index (χ3v) is 3.66.